The second-order valence-corrected chi connectivity index (χ2v) is 11.0. The van der Waals surface area contributed by atoms with Gasteiger partial charge in [0.05, 0.1) is 12.1 Å². The molecule has 0 aromatic carbocycles. The number of aliphatic carboxylic acids is 1. The molecule has 2 aliphatic heterocycles. The number of amides is 3. The summed E-state index contributed by atoms with van der Waals surface area (Å²) < 4.78 is 10.5. The van der Waals surface area contributed by atoms with Gasteiger partial charge >= 0.3 is 12.1 Å². The molecule has 0 aromatic heterocycles. The van der Waals surface area contributed by atoms with Crippen molar-refractivity contribution in [1.29, 1.82) is 0 Å². The lowest BCUT2D eigenvalue weighted by Gasteiger charge is -2.43. The van der Waals surface area contributed by atoms with Crippen molar-refractivity contribution in [2.45, 2.75) is 99.4 Å². The van der Waals surface area contributed by atoms with Crippen LogP contribution >= 0.6 is 0 Å². The fourth-order valence-corrected chi connectivity index (χ4v) is 4.89. The molecule has 18 N–H and O–H groups in total. The molecule has 0 bridgehead atoms. The zero-order valence-corrected chi connectivity index (χ0v) is 24.9. The van der Waals surface area contributed by atoms with Crippen molar-refractivity contribution in [3.63, 3.8) is 0 Å². The van der Waals surface area contributed by atoms with Gasteiger partial charge in [0.1, 0.15) is 31.0 Å². The highest BCUT2D eigenvalue weighted by Crippen LogP contribution is 2.22. The van der Waals surface area contributed by atoms with E-state index < -0.39 is 79.4 Å². The Labute approximate surface area is 259 Å². The third-order valence-electron chi connectivity index (χ3n) is 7.31. The summed E-state index contributed by atoms with van der Waals surface area (Å²) in [6.45, 7) is 0.000210. The lowest BCUT2D eigenvalue weighted by molar-refractivity contribution is -0.198. The molecule has 2 aliphatic rings. The van der Waals surface area contributed by atoms with Crippen LogP contribution in [0.15, 0.2) is 4.99 Å². The number of aliphatic imine (C=N–C) groups is 1. The molecule has 258 valence electrons. The molecule has 2 rings (SSSR count). The monoisotopic (exact) mass is 648 g/mol. The average Bonchev–Trinajstić information content (AvgIpc) is 3.41. The van der Waals surface area contributed by atoms with Gasteiger partial charge in [-0.3, -0.25) is 9.59 Å². The summed E-state index contributed by atoms with van der Waals surface area (Å²) >= 11 is 0. The Morgan fingerprint density at radius 3 is 2.27 bits per heavy atom. The first kappa shape index (κ1) is 37.8. The number of carbonyl (C=O) groups is 4. The maximum atomic E-state index is 12.9. The number of guanidine groups is 1. The van der Waals surface area contributed by atoms with Crippen LogP contribution in [0.2, 0.25) is 0 Å². The first-order valence-electron chi connectivity index (χ1n) is 14.7. The molecule has 0 aromatic rings. The van der Waals surface area contributed by atoms with Crippen molar-refractivity contribution in [2.75, 3.05) is 26.2 Å². The molecule has 10 atom stereocenters. The first-order valence-corrected chi connectivity index (χ1v) is 14.7. The third-order valence-corrected chi connectivity index (χ3v) is 7.31. The largest absolute Gasteiger partial charge is 0.480 e. The number of primary amides is 1. The SMILES string of the molecule is NCCC[C@H](N)CC(=O)NCCC[C@H](N)CC(=O)N[C@H]1[C@@H](O)[C@H](O)[C@@H](COC(N)=O)O[C@H]1NC1=N[C@H](C(=O)O)[C@@H]([C@H](O)CN)N1. The van der Waals surface area contributed by atoms with E-state index in [0.717, 1.165) is 6.42 Å². The van der Waals surface area contributed by atoms with Gasteiger partial charge in [-0.2, -0.15) is 0 Å². The Bertz CT molecular complexity index is 1020. The topological polar surface area (TPSA) is 358 Å². The number of carboxylic acids is 1. The second-order valence-electron chi connectivity index (χ2n) is 11.0. The molecule has 1 fully saturated rings. The minimum Gasteiger partial charge on any atom is -0.480 e. The van der Waals surface area contributed by atoms with Crippen LogP contribution in [0.4, 0.5) is 4.79 Å². The number of aliphatic hydroxyl groups is 3. The van der Waals surface area contributed by atoms with Crippen molar-refractivity contribution >= 4 is 29.8 Å². The van der Waals surface area contributed by atoms with Gasteiger partial charge in [-0.15, -0.1) is 0 Å². The fraction of sp³-hybridized carbons (Fsp3) is 0.800. The van der Waals surface area contributed by atoms with Crippen molar-refractivity contribution < 1.29 is 49.1 Å². The number of nitrogens with one attached hydrogen (secondary N) is 4. The summed E-state index contributed by atoms with van der Waals surface area (Å²) in [4.78, 5) is 51.7. The summed E-state index contributed by atoms with van der Waals surface area (Å²) in [6.07, 6.45) is -6.24. The molecule has 20 nitrogen and oxygen atoms in total. The van der Waals surface area contributed by atoms with Crippen molar-refractivity contribution in [3.05, 3.63) is 0 Å². The summed E-state index contributed by atoms with van der Waals surface area (Å²) in [5.41, 5.74) is 27.9. The van der Waals surface area contributed by atoms with Crippen LogP contribution in [0.25, 0.3) is 0 Å². The molecule has 0 spiro atoms. The maximum absolute atomic E-state index is 12.9. The van der Waals surface area contributed by atoms with E-state index in [0.29, 0.717) is 32.4 Å². The van der Waals surface area contributed by atoms with Gasteiger partial charge in [0.15, 0.2) is 18.2 Å². The lowest BCUT2D eigenvalue weighted by Crippen LogP contribution is -2.69. The van der Waals surface area contributed by atoms with Gasteiger partial charge in [0.25, 0.3) is 0 Å². The van der Waals surface area contributed by atoms with Crippen LogP contribution in [-0.2, 0) is 23.9 Å². The zero-order valence-electron chi connectivity index (χ0n) is 24.9. The molecule has 1 saturated heterocycles. The summed E-state index contributed by atoms with van der Waals surface area (Å²) in [7, 11) is 0. The van der Waals surface area contributed by atoms with Crippen molar-refractivity contribution in [1.82, 2.24) is 21.3 Å². The van der Waals surface area contributed by atoms with Gasteiger partial charge < -0.3 is 79.8 Å². The predicted molar refractivity (Wildman–Crippen MR) is 158 cm³/mol. The summed E-state index contributed by atoms with van der Waals surface area (Å²) in [6, 6.07) is -4.78. The molecule has 20 heteroatoms. The van der Waals surface area contributed by atoms with E-state index in [1.807, 2.05) is 0 Å². The molecular formula is C25H48N10O10. The highest BCUT2D eigenvalue weighted by Gasteiger charge is 2.47. The fourth-order valence-electron chi connectivity index (χ4n) is 4.89. The molecule has 0 radical (unpaired) electrons. The van der Waals surface area contributed by atoms with Crippen LogP contribution in [-0.4, -0.2) is 137 Å². The number of nitrogens with zero attached hydrogens (tertiary/aromatic N) is 1. The Hall–Kier alpha value is -3.37. The van der Waals surface area contributed by atoms with Crippen LogP contribution in [0.3, 0.4) is 0 Å². The van der Waals surface area contributed by atoms with Crippen LogP contribution in [0, 0.1) is 0 Å². The van der Waals surface area contributed by atoms with Crippen LogP contribution < -0.4 is 49.9 Å². The van der Waals surface area contributed by atoms with Crippen molar-refractivity contribution in [2.24, 2.45) is 33.7 Å². The minimum absolute atomic E-state index is 0.165. The predicted octanol–water partition coefficient (Wildman–Crippen LogP) is -6.23. The number of carboxylic acid groups (broad SMARTS) is 1. The van der Waals surface area contributed by atoms with E-state index in [1.165, 1.54) is 0 Å². The number of aliphatic hydroxyl groups excluding tert-OH is 3. The van der Waals surface area contributed by atoms with E-state index in [-0.39, 0.29) is 37.3 Å². The summed E-state index contributed by atoms with van der Waals surface area (Å²) in [5, 5.41) is 51.9. The van der Waals surface area contributed by atoms with E-state index in [4.69, 9.17) is 38.1 Å². The van der Waals surface area contributed by atoms with Gasteiger partial charge in [-0.1, -0.05) is 0 Å². The average molecular weight is 649 g/mol. The Kier molecular flexibility index (Phi) is 15.6. The molecular weight excluding hydrogens is 600 g/mol. The number of carbonyl (C=O) groups excluding carboxylic acids is 3. The van der Waals surface area contributed by atoms with Gasteiger partial charge in [-0.25, -0.2) is 14.6 Å². The van der Waals surface area contributed by atoms with E-state index in [2.05, 4.69) is 26.3 Å². The van der Waals surface area contributed by atoms with Gasteiger partial charge in [0, 0.05) is 38.0 Å². The summed E-state index contributed by atoms with van der Waals surface area (Å²) in [5.74, 6) is -2.33. The Balaban J connectivity index is 2.00. The van der Waals surface area contributed by atoms with Crippen LogP contribution in [0.1, 0.15) is 38.5 Å². The molecule has 45 heavy (non-hydrogen) atoms. The number of hydrogen-bond donors (Lipinski definition) is 13. The quantitative estimate of drug-likeness (QED) is 0.0614. The number of nitrogens with two attached hydrogens (primary N) is 5. The van der Waals surface area contributed by atoms with Gasteiger partial charge in [-0.05, 0) is 32.2 Å². The number of ether oxygens (including phenoxy) is 2. The second kappa shape index (κ2) is 18.6. The van der Waals surface area contributed by atoms with E-state index >= 15 is 0 Å². The maximum Gasteiger partial charge on any atom is 0.404 e. The molecule has 2 heterocycles. The zero-order chi connectivity index (χ0) is 33.7. The van der Waals surface area contributed by atoms with E-state index in [9.17, 15) is 39.6 Å². The first-order chi connectivity index (χ1) is 21.3. The molecule has 0 saturated carbocycles. The van der Waals surface area contributed by atoms with E-state index in [1.54, 1.807) is 0 Å². The smallest absolute Gasteiger partial charge is 0.404 e. The molecule has 3 amide bonds. The molecule has 0 unspecified atom stereocenters. The van der Waals surface area contributed by atoms with Crippen molar-refractivity contribution in [3.8, 4) is 0 Å². The van der Waals surface area contributed by atoms with Gasteiger partial charge in [0.2, 0.25) is 11.8 Å². The third kappa shape index (κ3) is 12.2. The number of hydrogen-bond acceptors (Lipinski definition) is 16. The van der Waals surface area contributed by atoms with Crippen LogP contribution in [0.5, 0.6) is 0 Å². The standard InChI is InChI=1S/C25H48N10O10/c26-5-1-3-11(28)7-15(37)31-6-2-4-12(29)8-16(38)32-19-21(40)20(39)14(10-44-24(30)43)45-22(19)35-25-33-17(13(36)9-27)18(34-25)23(41)42/h11-14,17-22,36,39-40H,1-10,26-29H2,(H2,30,43)(H,31,37)(H,32,38)(H,41,42)(H2,33,34,35)/t11-,12-,13+,14+,17+,18-,19-,20+,21+,22+/m0/s1. The lowest BCUT2D eigenvalue weighted by atomic mass is 9.95. The minimum atomic E-state index is -1.67. The highest BCUT2D eigenvalue weighted by atomic mass is 16.6. The number of rotatable bonds is 18. The normalized spacial score (nSPS) is 28.2. The highest BCUT2D eigenvalue weighted by molar-refractivity contribution is 5.89. The Morgan fingerprint density at radius 2 is 1.67 bits per heavy atom. The Morgan fingerprint density at radius 1 is 1.02 bits per heavy atom. The molecule has 0 aliphatic carbocycles.